The first-order valence-electron chi connectivity index (χ1n) is 7.66. The summed E-state index contributed by atoms with van der Waals surface area (Å²) in [7, 11) is 0. The number of nitrogens with two attached hydrogens (primary N) is 1. The maximum Gasteiger partial charge on any atom is 0.321 e. The summed E-state index contributed by atoms with van der Waals surface area (Å²) in [5.41, 5.74) is 7.42. The van der Waals surface area contributed by atoms with Crippen LogP contribution in [0.15, 0.2) is 30.3 Å². The van der Waals surface area contributed by atoms with E-state index in [4.69, 9.17) is 5.73 Å². The minimum absolute atomic E-state index is 0. The monoisotopic (exact) mass is 340 g/mol. The molecule has 1 aliphatic heterocycles. The first kappa shape index (κ1) is 19.4. The number of nitrogens with zero attached hydrogens (tertiary/aromatic N) is 1. The van der Waals surface area contributed by atoms with Crippen LogP contribution in [-0.4, -0.2) is 48.6 Å². The number of hydrogen-bond acceptors (Lipinski definition) is 4. The topological polar surface area (TPSA) is 87.5 Å². The van der Waals surface area contributed by atoms with Crippen LogP contribution in [0.3, 0.4) is 0 Å². The Labute approximate surface area is 143 Å². The van der Waals surface area contributed by atoms with Crippen molar-refractivity contribution in [1.82, 2.24) is 15.5 Å². The molecule has 3 amide bonds. The van der Waals surface area contributed by atoms with Crippen LogP contribution in [0.2, 0.25) is 0 Å². The lowest BCUT2D eigenvalue weighted by Gasteiger charge is -2.23. The molecule has 2 rings (SSSR count). The second-order valence-electron chi connectivity index (χ2n) is 5.66. The van der Waals surface area contributed by atoms with Gasteiger partial charge in [0.15, 0.2) is 0 Å². The van der Waals surface area contributed by atoms with Gasteiger partial charge in [-0.2, -0.15) is 0 Å². The van der Waals surface area contributed by atoms with Crippen molar-refractivity contribution in [3.8, 4) is 0 Å². The van der Waals surface area contributed by atoms with Gasteiger partial charge in [0.2, 0.25) is 5.91 Å². The average Bonchev–Trinajstić information content (AvgIpc) is 2.89. The standard InChI is InChI=1S/C16H24N4O2.ClH/c1-3-18-16(22)19-15(21)11(2)20-9-13(14(17)10-20)12-7-5-4-6-8-12;/h4-8,11,13-14H,3,9-10,17H2,1-2H3,(H2,18,19,21,22);1H/t11?,13-,14+;/m0./s1. The Kier molecular flexibility index (Phi) is 7.48. The van der Waals surface area contributed by atoms with Crippen LogP contribution >= 0.6 is 12.4 Å². The molecule has 1 unspecified atom stereocenters. The normalized spacial score (nSPS) is 22.0. The van der Waals surface area contributed by atoms with E-state index in [1.165, 1.54) is 5.56 Å². The molecule has 128 valence electrons. The summed E-state index contributed by atoms with van der Waals surface area (Å²) < 4.78 is 0. The zero-order chi connectivity index (χ0) is 16.1. The molecule has 0 aliphatic carbocycles. The average molecular weight is 341 g/mol. The van der Waals surface area contributed by atoms with Crippen LogP contribution in [0.25, 0.3) is 0 Å². The van der Waals surface area contributed by atoms with Crippen molar-refractivity contribution >= 4 is 24.3 Å². The minimum atomic E-state index is -0.456. The molecule has 7 heteroatoms. The smallest absolute Gasteiger partial charge is 0.321 e. The predicted molar refractivity (Wildman–Crippen MR) is 92.7 cm³/mol. The summed E-state index contributed by atoms with van der Waals surface area (Å²) in [5, 5.41) is 4.91. The molecule has 1 aromatic rings. The third-order valence-corrected chi connectivity index (χ3v) is 4.12. The zero-order valence-electron chi connectivity index (χ0n) is 13.5. The molecule has 0 bridgehead atoms. The summed E-state index contributed by atoms with van der Waals surface area (Å²) in [4.78, 5) is 25.6. The lowest BCUT2D eigenvalue weighted by molar-refractivity contribution is -0.124. The number of nitrogens with one attached hydrogen (secondary N) is 2. The molecule has 4 N–H and O–H groups in total. The highest BCUT2D eigenvalue weighted by Crippen LogP contribution is 2.27. The quantitative estimate of drug-likeness (QED) is 0.765. The first-order chi connectivity index (χ1) is 10.5. The number of urea groups is 1. The Morgan fingerprint density at radius 2 is 1.96 bits per heavy atom. The van der Waals surface area contributed by atoms with Crippen molar-refractivity contribution in [2.75, 3.05) is 19.6 Å². The van der Waals surface area contributed by atoms with Gasteiger partial charge in [0, 0.05) is 31.6 Å². The molecule has 3 atom stereocenters. The van der Waals surface area contributed by atoms with E-state index in [9.17, 15) is 9.59 Å². The third-order valence-electron chi connectivity index (χ3n) is 4.12. The molecular formula is C16H25ClN4O2. The Balaban J connectivity index is 0.00000264. The summed E-state index contributed by atoms with van der Waals surface area (Å²) in [6.07, 6.45) is 0. The zero-order valence-corrected chi connectivity index (χ0v) is 14.3. The fourth-order valence-electron chi connectivity index (χ4n) is 2.82. The minimum Gasteiger partial charge on any atom is -0.338 e. The van der Waals surface area contributed by atoms with E-state index >= 15 is 0 Å². The fourth-order valence-corrected chi connectivity index (χ4v) is 2.82. The van der Waals surface area contributed by atoms with Crippen molar-refractivity contribution in [2.45, 2.75) is 31.8 Å². The van der Waals surface area contributed by atoms with Crippen LogP contribution < -0.4 is 16.4 Å². The van der Waals surface area contributed by atoms with Gasteiger partial charge >= 0.3 is 6.03 Å². The van der Waals surface area contributed by atoms with E-state index in [0.717, 1.165) is 6.54 Å². The van der Waals surface area contributed by atoms with Gasteiger partial charge in [-0.25, -0.2) is 4.79 Å². The molecule has 6 nitrogen and oxygen atoms in total. The molecule has 0 saturated carbocycles. The summed E-state index contributed by atoms with van der Waals surface area (Å²) in [6, 6.07) is 9.24. The van der Waals surface area contributed by atoms with Crippen molar-refractivity contribution in [1.29, 1.82) is 0 Å². The molecule has 1 saturated heterocycles. The summed E-state index contributed by atoms with van der Waals surface area (Å²) >= 11 is 0. The van der Waals surface area contributed by atoms with Crippen molar-refractivity contribution in [3.63, 3.8) is 0 Å². The van der Waals surface area contributed by atoms with Crippen LogP contribution in [0, 0.1) is 0 Å². The van der Waals surface area contributed by atoms with E-state index in [1.807, 2.05) is 23.1 Å². The number of likely N-dealkylation sites (tertiary alicyclic amines) is 1. The van der Waals surface area contributed by atoms with Gasteiger partial charge < -0.3 is 11.1 Å². The molecule has 0 spiro atoms. The Bertz CT molecular complexity index is 526. The van der Waals surface area contributed by atoms with Gasteiger partial charge in [0.25, 0.3) is 0 Å². The van der Waals surface area contributed by atoms with Gasteiger partial charge in [-0.05, 0) is 19.4 Å². The maximum absolute atomic E-state index is 12.1. The van der Waals surface area contributed by atoms with Crippen molar-refractivity contribution in [3.05, 3.63) is 35.9 Å². The van der Waals surface area contributed by atoms with Crippen molar-refractivity contribution in [2.24, 2.45) is 5.73 Å². The Hall–Kier alpha value is -1.63. The second kappa shape index (κ2) is 8.86. The number of rotatable bonds is 4. The largest absolute Gasteiger partial charge is 0.338 e. The van der Waals surface area contributed by atoms with Crippen LogP contribution in [0.4, 0.5) is 4.79 Å². The number of carbonyl (C=O) groups excluding carboxylic acids is 2. The van der Waals surface area contributed by atoms with Gasteiger partial charge in [0.1, 0.15) is 0 Å². The first-order valence-corrected chi connectivity index (χ1v) is 7.66. The summed E-state index contributed by atoms with van der Waals surface area (Å²) in [5.74, 6) is -0.0900. The van der Waals surface area contributed by atoms with E-state index in [1.54, 1.807) is 13.8 Å². The predicted octanol–water partition coefficient (Wildman–Crippen LogP) is 1.07. The van der Waals surface area contributed by atoms with E-state index in [0.29, 0.717) is 13.1 Å². The van der Waals surface area contributed by atoms with Gasteiger partial charge in [-0.1, -0.05) is 30.3 Å². The van der Waals surface area contributed by atoms with Gasteiger partial charge in [-0.15, -0.1) is 12.4 Å². The SMILES string of the molecule is CCNC(=O)NC(=O)C(C)N1C[C@@H](N)[C@H](c2ccccc2)C1.Cl. The number of halogens is 1. The van der Waals surface area contributed by atoms with E-state index < -0.39 is 6.03 Å². The highest BCUT2D eigenvalue weighted by molar-refractivity contribution is 5.96. The molecule has 1 fully saturated rings. The number of imide groups is 1. The van der Waals surface area contributed by atoms with Crippen LogP contribution in [-0.2, 0) is 4.79 Å². The molecule has 0 radical (unpaired) electrons. The Morgan fingerprint density at radius 3 is 2.57 bits per heavy atom. The number of hydrogen-bond donors (Lipinski definition) is 3. The molecule has 1 aliphatic rings. The highest BCUT2D eigenvalue weighted by Gasteiger charge is 2.35. The van der Waals surface area contributed by atoms with Gasteiger partial charge in [-0.3, -0.25) is 15.0 Å². The third kappa shape index (κ3) is 4.92. The second-order valence-corrected chi connectivity index (χ2v) is 5.66. The number of benzene rings is 1. The number of carbonyl (C=O) groups is 2. The highest BCUT2D eigenvalue weighted by atomic mass is 35.5. The lowest BCUT2D eigenvalue weighted by atomic mass is 9.95. The lowest BCUT2D eigenvalue weighted by Crippen LogP contribution is -2.49. The maximum atomic E-state index is 12.1. The van der Waals surface area contributed by atoms with E-state index in [2.05, 4.69) is 22.8 Å². The van der Waals surface area contributed by atoms with Gasteiger partial charge in [0.05, 0.1) is 6.04 Å². The number of amides is 3. The van der Waals surface area contributed by atoms with Crippen molar-refractivity contribution < 1.29 is 9.59 Å². The Morgan fingerprint density at radius 1 is 1.30 bits per heavy atom. The van der Waals surface area contributed by atoms with E-state index in [-0.39, 0.29) is 36.3 Å². The molecule has 1 aromatic carbocycles. The molecule has 0 aromatic heterocycles. The van der Waals surface area contributed by atoms with Crippen LogP contribution in [0.5, 0.6) is 0 Å². The molecule has 1 heterocycles. The fraction of sp³-hybridized carbons (Fsp3) is 0.500. The molecule has 23 heavy (non-hydrogen) atoms. The summed E-state index contributed by atoms with van der Waals surface area (Å²) in [6.45, 7) is 5.45. The molecular weight excluding hydrogens is 316 g/mol. The van der Waals surface area contributed by atoms with Crippen LogP contribution in [0.1, 0.15) is 25.3 Å².